The first-order valence-electron chi connectivity index (χ1n) is 7.21. The molecule has 0 amide bonds. The molecule has 0 atom stereocenters. The SMILES string of the molecule is CCCC(=O)c1ccc(OCc2ccc(C)cc2)c(N)c1. The highest BCUT2D eigenvalue weighted by molar-refractivity contribution is 5.97. The van der Waals surface area contributed by atoms with Crippen molar-refractivity contribution >= 4 is 11.5 Å². The van der Waals surface area contributed by atoms with Gasteiger partial charge in [0.15, 0.2) is 5.78 Å². The standard InChI is InChI=1S/C18H21NO2/c1-3-4-17(20)15-9-10-18(16(19)11-15)21-12-14-7-5-13(2)6-8-14/h5-11H,3-4,12,19H2,1-2H3. The minimum Gasteiger partial charge on any atom is -0.487 e. The summed E-state index contributed by atoms with van der Waals surface area (Å²) in [6, 6.07) is 13.4. The van der Waals surface area contributed by atoms with Crippen molar-refractivity contribution in [2.75, 3.05) is 5.73 Å². The zero-order valence-electron chi connectivity index (χ0n) is 12.6. The highest BCUT2D eigenvalue weighted by Crippen LogP contribution is 2.24. The van der Waals surface area contributed by atoms with Gasteiger partial charge in [-0.2, -0.15) is 0 Å². The minimum atomic E-state index is 0.120. The van der Waals surface area contributed by atoms with Crippen molar-refractivity contribution in [3.8, 4) is 5.75 Å². The lowest BCUT2D eigenvalue weighted by molar-refractivity contribution is 0.0981. The van der Waals surface area contributed by atoms with E-state index < -0.39 is 0 Å². The summed E-state index contributed by atoms with van der Waals surface area (Å²) in [7, 11) is 0. The average Bonchev–Trinajstić information content (AvgIpc) is 2.48. The molecule has 2 rings (SSSR count). The number of ketones is 1. The highest BCUT2D eigenvalue weighted by Gasteiger charge is 2.08. The van der Waals surface area contributed by atoms with Crippen LogP contribution in [-0.2, 0) is 6.61 Å². The lowest BCUT2D eigenvalue weighted by Gasteiger charge is -2.10. The van der Waals surface area contributed by atoms with Gasteiger partial charge in [0.25, 0.3) is 0 Å². The van der Waals surface area contributed by atoms with Crippen LogP contribution in [0.1, 0.15) is 41.3 Å². The normalized spacial score (nSPS) is 10.4. The summed E-state index contributed by atoms with van der Waals surface area (Å²) in [4.78, 5) is 11.8. The van der Waals surface area contributed by atoms with Crippen molar-refractivity contribution in [3.63, 3.8) is 0 Å². The lowest BCUT2D eigenvalue weighted by atomic mass is 10.1. The van der Waals surface area contributed by atoms with Crippen LogP contribution in [0.5, 0.6) is 5.75 Å². The van der Waals surface area contributed by atoms with Crippen LogP contribution in [0, 0.1) is 6.92 Å². The van der Waals surface area contributed by atoms with Gasteiger partial charge in [-0.05, 0) is 37.1 Å². The summed E-state index contributed by atoms with van der Waals surface area (Å²) in [5.74, 6) is 0.734. The van der Waals surface area contributed by atoms with Gasteiger partial charge in [-0.25, -0.2) is 0 Å². The number of hydrogen-bond acceptors (Lipinski definition) is 3. The molecule has 0 fully saturated rings. The van der Waals surface area contributed by atoms with Gasteiger partial charge in [-0.15, -0.1) is 0 Å². The number of nitrogen functional groups attached to an aromatic ring is 1. The molecule has 0 radical (unpaired) electrons. The van der Waals surface area contributed by atoms with Gasteiger partial charge >= 0.3 is 0 Å². The van der Waals surface area contributed by atoms with Gasteiger partial charge in [0.05, 0.1) is 5.69 Å². The Morgan fingerprint density at radius 2 is 1.86 bits per heavy atom. The Labute approximate surface area is 125 Å². The number of ether oxygens (including phenoxy) is 1. The van der Waals surface area contributed by atoms with Crippen LogP contribution in [0.25, 0.3) is 0 Å². The quantitative estimate of drug-likeness (QED) is 0.640. The van der Waals surface area contributed by atoms with E-state index >= 15 is 0 Å². The molecule has 21 heavy (non-hydrogen) atoms. The molecular formula is C18H21NO2. The van der Waals surface area contributed by atoms with Gasteiger partial charge < -0.3 is 10.5 Å². The Morgan fingerprint density at radius 1 is 1.14 bits per heavy atom. The van der Waals surface area contributed by atoms with E-state index in [2.05, 4.69) is 19.1 Å². The molecule has 2 aromatic carbocycles. The molecule has 2 aromatic rings. The molecule has 0 bridgehead atoms. The van der Waals surface area contributed by atoms with E-state index in [1.165, 1.54) is 5.56 Å². The first-order valence-corrected chi connectivity index (χ1v) is 7.21. The van der Waals surface area contributed by atoms with E-state index in [-0.39, 0.29) is 5.78 Å². The van der Waals surface area contributed by atoms with Crippen LogP contribution in [0.2, 0.25) is 0 Å². The second kappa shape index (κ2) is 6.93. The van der Waals surface area contributed by atoms with Crippen molar-refractivity contribution in [2.24, 2.45) is 0 Å². The summed E-state index contributed by atoms with van der Waals surface area (Å²) in [6.07, 6.45) is 1.38. The predicted molar refractivity (Wildman–Crippen MR) is 85.6 cm³/mol. The van der Waals surface area contributed by atoms with Crippen molar-refractivity contribution < 1.29 is 9.53 Å². The molecule has 0 unspecified atom stereocenters. The Balaban J connectivity index is 2.04. The Kier molecular flexibility index (Phi) is 4.99. The Hall–Kier alpha value is -2.29. The minimum absolute atomic E-state index is 0.120. The molecule has 0 aliphatic heterocycles. The summed E-state index contributed by atoms with van der Waals surface area (Å²) < 4.78 is 5.72. The maximum Gasteiger partial charge on any atom is 0.162 e. The van der Waals surface area contributed by atoms with E-state index in [0.717, 1.165) is 12.0 Å². The highest BCUT2D eigenvalue weighted by atomic mass is 16.5. The van der Waals surface area contributed by atoms with Crippen LogP contribution in [0.15, 0.2) is 42.5 Å². The summed E-state index contributed by atoms with van der Waals surface area (Å²) in [6.45, 7) is 4.50. The Bertz CT molecular complexity index is 618. The monoisotopic (exact) mass is 283 g/mol. The van der Waals surface area contributed by atoms with Crippen LogP contribution < -0.4 is 10.5 Å². The smallest absolute Gasteiger partial charge is 0.162 e. The van der Waals surface area contributed by atoms with Crippen molar-refractivity contribution in [1.82, 2.24) is 0 Å². The third-order valence-corrected chi connectivity index (χ3v) is 3.32. The molecular weight excluding hydrogens is 262 g/mol. The largest absolute Gasteiger partial charge is 0.487 e. The summed E-state index contributed by atoms with van der Waals surface area (Å²) >= 11 is 0. The van der Waals surface area contributed by atoms with Gasteiger partial charge in [0.1, 0.15) is 12.4 Å². The third kappa shape index (κ3) is 4.09. The van der Waals surface area contributed by atoms with Gasteiger partial charge in [-0.1, -0.05) is 36.8 Å². The number of carbonyl (C=O) groups excluding carboxylic acids is 1. The second-order valence-electron chi connectivity index (χ2n) is 5.20. The molecule has 0 heterocycles. The molecule has 0 aliphatic carbocycles. The van der Waals surface area contributed by atoms with Crippen molar-refractivity contribution in [3.05, 3.63) is 59.2 Å². The van der Waals surface area contributed by atoms with Gasteiger partial charge in [0.2, 0.25) is 0 Å². The molecule has 110 valence electrons. The lowest BCUT2D eigenvalue weighted by Crippen LogP contribution is -2.02. The molecule has 0 aromatic heterocycles. The second-order valence-corrected chi connectivity index (χ2v) is 5.20. The topological polar surface area (TPSA) is 52.3 Å². The molecule has 3 heteroatoms. The maximum atomic E-state index is 11.8. The molecule has 0 saturated carbocycles. The van der Waals surface area contributed by atoms with E-state index in [0.29, 0.717) is 30.0 Å². The van der Waals surface area contributed by atoms with Crippen LogP contribution in [-0.4, -0.2) is 5.78 Å². The molecule has 2 N–H and O–H groups in total. The molecule has 0 aliphatic rings. The van der Waals surface area contributed by atoms with Crippen molar-refractivity contribution in [1.29, 1.82) is 0 Å². The number of rotatable bonds is 6. The number of aryl methyl sites for hydroxylation is 1. The number of benzene rings is 2. The first kappa shape index (κ1) is 15.1. The van der Waals surface area contributed by atoms with E-state index in [1.807, 2.05) is 19.1 Å². The first-order chi connectivity index (χ1) is 10.1. The number of hydrogen-bond donors (Lipinski definition) is 1. The summed E-state index contributed by atoms with van der Waals surface area (Å²) in [5, 5.41) is 0. The zero-order valence-corrected chi connectivity index (χ0v) is 12.6. The zero-order chi connectivity index (χ0) is 15.2. The Morgan fingerprint density at radius 3 is 2.48 bits per heavy atom. The molecule has 3 nitrogen and oxygen atoms in total. The van der Waals surface area contributed by atoms with Crippen molar-refractivity contribution in [2.45, 2.75) is 33.3 Å². The fourth-order valence-electron chi connectivity index (χ4n) is 2.07. The number of anilines is 1. The van der Waals surface area contributed by atoms with Crippen LogP contribution >= 0.6 is 0 Å². The maximum absolute atomic E-state index is 11.8. The third-order valence-electron chi connectivity index (χ3n) is 3.32. The number of nitrogens with two attached hydrogens (primary N) is 1. The van der Waals surface area contributed by atoms with E-state index in [9.17, 15) is 4.79 Å². The average molecular weight is 283 g/mol. The predicted octanol–water partition coefficient (Wildman–Crippen LogP) is 4.14. The summed E-state index contributed by atoms with van der Waals surface area (Å²) in [5.41, 5.74) is 9.43. The van der Waals surface area contributed by atoms with E-state index in [4.69, 9.17) is 10.5 Å². The van der Waals surface area contributed by atoms with Crippen LogP contribution in [0.4, 0.5) is 5.69 Å². The van der Waals surface area contributed by atoms with E-state index in [1.54, 1.807) is 18.2 Å². The number of carbonyl (C=O) groups is 1. The molecule has 0 saturated heterocycles. The molecule has 0 spiro atoms. The fourth-order valence-corrected chi connectivity index (χ4v) is 2.07. The van der Waals surface area contributed by atoms with Gasteiger partial charge in [0, 0.05) is 12.0 Å². The van der Waals surface area contributed by atoms with Gasteiger partial charge in [-0.3, -0.25) is 4.79 Å². The number of Topliss-reactive ketones (excluding diaryl/α,β-unsaturated/α-hetero) is 1. The fraction of sp³-hybridized carbons (Fsp3) is 0.278. The van der Waals surface area contributed by atoms with Crippen LogP contribution in [0.3, 0.4) is 0 Å².